The molecule has 1 aliphatic rings. The molecule has 1 heterocycles. The zero-order chi connectivity index (χ0) is 10.7. The van der Waals surface area contributed by atoms with Gasteiger partial charge in [0.1, 0.15) is 5.75 Å². The van der Waals surface area contributed by atoms with Gasteiger partial charge in [0.25, 0.3) is 0 Å². The van der Waals surface area contributed by atoms with E-state index in [4.69, 9.17) is 10.5 Å². The molecule has 0 aliphatic carbocycles. The fraction of sp³-hybridized carbons (Fsp3) is 0.455. The Morgan fingerprint density at radius 3 is 3.20 bits per heavy atom. The summed E-state index contributed by atoms with van der Waals surface area (Å²) in [7, 11) is 1.69. The second kappa shape index (κ2) is 4.77. The van der Waals surface area contributed by atoms with E-state index in [0.29, 0.717) is 6.04 Å². The second-order valence-corrected chi connectivity index (χ2v) is 4.65. The maximum absolute atomic E-state index is 5.56. The number of methoxy groups -OCH3 is 1. The molecule has 4 heteroatoms. The molecule has 0 fully saturated rings. The molecule has 82 valence electrons. The third-order valence-electron chi connectivity index (χ3n) is 2.50. The average Bonchev–Trinajstić information content (AvgIpc) is 2.29. The lowest BCUT2D eigenvalue weighted by Crippen LogP contribution is -2.28. The number of rotatable bonds is 3. The lowest BCUT2D eigenvalue weighted by Gasteiger charge is -2.26. The van der Waals surface area contributed by atoms with Gasteiger partial charge in [-0.15, -0.1) is 11.8 Å². The van der Waals surface area contributed by atoms with Gasteiger partial charge in [-0.2, -0.15) is 0 Å². The number of ether oxygens (including phenoxy) is 1. The van der Waals surface area contributed by atoms with Crippen LogP contribution in [0.2, 0.25) is 0 Å². The molecule has 1 unspecified atom stereocenters. The van der Waals surface area contributed by atoms with Crippen LogP contribution in [0.25, 0.3) is 0 Å². The Kier molecular flexibility index (Phi) is 3.38. The lowest BCUT2D eigenvalue weighted by molar-refractivity contribution is 0.413. The van der Waals surface area contributed by atoms with Crippen molar-refractivity contribution in [2.24, 2.45) is 5.73 Å². The van der Waals surface area contributed by atoms with Crippen molar-refractivity contribution in [3.63, 3.8) is 0 Å². The summed E-state index contributed by atoms with van der Waals surface area (Å²) in [5, 5.41) is 3.49. The fourth-order valence-corrected chi connectivity index (χ4v) is 2.79. The number of benzene rings is 1. The highest BCUT2D eigenvalue weighted by atomic mass is 32.2. The standard InChI is InChI=1S/C11H16N2OS/c1-14-9-2-3-10-11(6-9)15-7-8(13-10)4-5-12/h2-3,6,8,13H,4-5,7,12H2,1H3. The quantitative estimate of drug-likeness (QED) is 0.823. The number of fused-ring (bicyclic) bond motifs is 1. The minimum atomic E-state index is 0.501. The predicted octanol–water partition coefficient (Wildman–Crippen LogP) is 1.93. The molecule has 0 saturated carbocycles. The number of hydrogen-bond acceptors (Lipinski definition) is 4. The molecule has 0 amide bonds. The van der Waals surface area contributed by atoms with Crippen LogP contribution in [0, 0.1) is 0 Å². The van der Waals surface area contributed by atoms with E-state index in [1.54, 1.807) is 7.11 Å². The van der Waals surface area contributed by atoms with Crippen molar-refractivity contribution in [3.8, 4) is 5.75 Å². The van der Waals surface area contributed by atoms with Gasteiger partial charge in [-0.25, -0.2) is 0 Å². The highest BCUT2D eigenvalue weighted by Gasteiger charge is 2.17. The van der Waals surface area contributed by atoms with E-state index in [-0.39, 0.29) is 0 Å². The molecule has 1 aliphatic heterocycles. The van der Waals surface area contributed by atoms with Crippen molar-refractivity contribution in [1.29, 1.82) is 0 Å². The molecule has 2 rings (SSSR count). The van der Waals surface area contributed by atoms with Crippen LogP contribution in [0.4, 0.5) is 5.69 Å². The van der Waals surface area contributed by atoms with Crippen LogP contribution < -0.4 is 15.8 Å². The molecular weight excluding hydrogens is 208 g/mol. The SMILES string of the molecule is COc1ccc2c(c1)SCC(CCN)N2. The van der Waals surface area contributed by atoms with Crippen LogP contribution in [0.3, 0.4) is 0 Å². The maximum atomic E-state index is 5.56. The molecule has 0 radical (unpaired) electrons. The first kappa shape index (κ1) is 10.6. The highest BCUT2D eigenvalue weighted by Crippen LogP contribution is 2.36. The van der Waals surface area contributed by atoms with E-state index in [1.807, 2.05) is 17.8 Å². The Morgan fingerprint density at radius 2 is 2.47 bits per heavy atom. The summed E-state index contributed by atoms with van der Waals surface area (Å²) in [6.07, 6.45) is 1.03. The van der Waals surface area contributed by atoms with Gasteiger partial charge in [-0.1, -0.05) is 0 Å². The number of nitrogens with two attached hydrogens (primary N) is 1. The van der Waals surface area contributed by atoms with E-state index in [2.05, 4.69) is 17.4 Å². The van der Waals surface area contributed by atoms with Gasteiger partial charge in [0, 0.05) is 22.4 Å². The topological polar surface area (TPSA) is 47.3 Å². The molecule has 3 nitrogen and oxygen atoms in total. The molecule has 3 N–H and O–H groups in total. The summed E-state index contributed by atoms with van der Waals surface area (Å²) >= 11 is 1.87. The molecule has 0 saturated heterocycles. The minimum Gasteiger partial charge on any atom is -0.497 e. The highest BCUT2D eigenvalue weighted by molar-refractivity contribution is 7.99. The van der Waals surface area contributed by atoms with E-state index in [0.717, 1.165) is 24.5 Å². The predicted molar refractivity (Wildman–Crippen MR) is 64.8 cm³/mol. The summed E-state index contributed by atoms with van der Waals surface area (Å²) in [6.45, 7) is 0.740. The van der Waals surface area contributed by atoms with Gasteiger partial charge in [0.05, 0.1) is 7.11 Å². The average molecular weight is 224 g/mol. The van der Waals surface area contributed by atoms with Crippen LogP contribution in [0.5, 0.6) is 5.75 Å². The number of hydrogen-bond donors (Lipinski definition) is 2. The Morgan fingerprint density at radius 1 is 1.60 bits per heavy atom. The normalized spacial score (nSPS) is 19.2. The summed E-state index contributed by atoms with van der Waals surface area (Å²) in [5.41, 5.74) is 6.76. The number of anilines is 1. The molecule has 1 aromatic rings. The molecule has 1 atom stereocenters. The third-order valence-corrected chi connectivity index (χ3v) is 3.72. The molecular formula is C11H16N2OS. The summed E-state index contributed by atoms with van der Waals surface area (Å²) in [4.78, 5) is 1.27. The van der Waals surface area contributed by atoms with Crippen LogP contribution in [0.1, 0.15) is 6.42 Å². The fourth-order valence-electron chi connectivity index (χ4n) is 1.68. The zero-order valence-corrected chi connectivity index (χ0v) is 9.64. The molecule has 0 aromatic heterocycles. The first-order valence-electron chi connectivity index (χ1n) is 5.11. The first-order chi connectivity index (χ1) is 7.33. The van der Waals surface area contributed by atoms with E-state index in [9.17, 15) is 0 Å². The molecule has 15 heavy (non-hydrogen) atoms. The monoisotopic (exact) mass is 224 g/mol. The third kappa shape index (κ3) is 2.38. The first-order valence-corrected chi connectivity index (χ1v) is 6.09. The second-order valence-electron chi connectivity index (χ2n) is 3.59. The maximum Gasteiger partial charge on any atom is 0.120 e. The molecule has 1 aromatic carbocycles. The van der Waals surface area contributed by atoms with Gasteiger partial charge in [0.15, 0.2) is 0 Å². The van der Waals surface area contributed by atoms with Crippen molar-refractivity contribution in [1.82, 2.24) is 0 Å². The van der Waals surface area contributed by atoms with Gasteiger partial charge in [-0.3, -0.25) is 0 Å². The van der Waals surface area contributed by atoms with Crippen LogP contribution in [-0.4, -0.2) is 25.4 Å². The van der Waals surface area contributed by atoms with E-state index in [1.165, 1.54) is 10.6 Å². The van der Waals surface area contributed by atoms with E-state index >= 15 is 0 Å². The van der Waals surface area contributed by atoms with Gasteiger partial charge >= 0.3 is 0 Å². The summed E-state index contributed by atoms with van der Waals surface area (Å²) in [6, 6.07) is 6.63. The van der Waals surface area contributed by atoms with Gasteiger partial charge < -0.3 is 15.8 Å². The van der Waals surface area contributed by atoms with Crippen molar-refractivity contribution in [2.75, 3.05) is 24.7 Å². The van der Waals surface area contributed by atoms with Crippen LogP contribution in [0.15, 0.2) is 23.1 Å². The Labute approximate surface area is 94.4 Å². The van der Waals surface area contributed by atoms with Gasteiger partial charge in [0.2, 0.25) is 0 Å². The van der Waals surface area contributed by atoms with Crippen molar-refractivity contribution in [2.45, 2.75) is 17.4 Å². The van der Waals surface area contributed by atoms with Crippen LogP contribution in [-0.2, 0) is 0 Å². The smallest absolute Gasteiger partial charge is 0.120 e. The zero-order valence-electron chi connectivity index (χ0n) is 8.82. The van der Waals surface area contributed by atoms with Crippen LogP contribution >= 0.6 is 11.8 Å². The Hall–Kier alpha value is -0.870. The Balaban J connectivity index is 2.13. The number of nitrogens with one attached hydrogen (secondary N) is 1. The number of thioether (sulfide) groups is 1. The van der Waals surface area contributed by atoms with Crippen molar-refractivity contribution >= 4 is 17.4 Å². The van der Waals surface area contributed by atoms with Crippen molar-refractivity contribution in [3.05, 3.63) is 18.2 Å². The molecule has 0 bridgehead atoms. The van der Waals surface area contributed by atoms with Crippen molar-refractivity contribution < 1.29 is 4.74 Å². The van der Waals surface area contributed by atoms with E-state index < -0.39 is 0 Å². The summed E-state index contributed by atoms with van der Waals surface area (Å²) < 4.78 is 5.19. The van der Waals surface area contributed by atoms with Gasteiger partial charge in [-0.05, 0) is 31.2 Å². The Bertz CT molecular complexity index is 343. The molecule has 0 spiro atoms. The minimum absolute atomic E-state index is 0.501. The lowest BCUT2D eigenvalue weighted by atomic mass is 10.2. The largest absolute Gasteiger partial charge is 0.497 e. The summed E-state index contributed by atoms with van der Waals surface area (Å²) in [5.74, 6) is 2.00.